The van der Waals surface area contributed by atoms with Gasteiger partial charge in [0, 0.05) is 25.4 Å². The Bertz CT molecular complexity index is 616. The van der Waals surface area contributed by atoms with Crippen LogP contribution in [0, 0.1) is 0 Å². The number of fused-ring (bicyclic) bond motifs is 1. The predicted octanol–water partition coefficient (Wildman–Crippen LogP) is 2.24. The Morgan fingerprint density at radius 1 is 1.42 bits per heavy atom. The maximum absolute atomic E-state index is 12.0. The SMILES string of the molecule is CON(C)C(=O)c1ccc2nc(C3CCC3)cn2c1. The fourth-order valence-electron chi connectivity index (χ4n) is 2.30. The average Bonchev–Trinajstić information content (AvgIpc) is 2.76. The Labute approximate surface area is 111 Å². The second-order valence-corrected chi connectivity index (χ2v) is 4.96. The summed E-state index contributed by atoms with van der Waals surface area (Å²) in [5.74, 6) is 0.434. The van der Waals surface area contributed by atoms with Crippen molar-refractivity contribution in [3.63, 3.8) is 0 Å². The molecular weight excluding hydrogens is 242 g/mol. The smallest absolute Gasteiger partial charge is 0.278 e. The molecule has 0 atom stereocenters. The van der Waals surface area contributed by atoms with Crippen molar-refractivity contribution in [2.75, 3.05) is 14.2 Å². The Kier molecular flexibility index (Phi) is 2.98. The molecule has 2 heterocycles. The van der Waals surface area contributed by atoms with Gasteiger partial charge >= 0.3 is 0 Å². The fourth-order valence-corrected chi connectivity index (χ4v) is 2.30. The Balaban J connectivity index is 1.93. The largest absolute Gasteiger partial charge is 0.306 e. The molecule has 5 heteroatoms. The molecule has 0 radical (unpaired) electrons. The quantitative estimate of drug-likeness (QED) is 0.794. The predicted molar refractivity (Wildman–Crippen MR) is 70.9 cm³/mol. The van der Waals surface area contributed by atoms with Crippen molar-refractivity contribution in [3.8, 4) is 0 Å². The first-order chi connectivity index (χ1) is 9.19. The normalized spacial score (nSPS) is 15.5. The molecule has 1 amide bonds. The standard InChI is InChI=1S/C14H17N3O2/c1-16(19-2)14(18)11-6-7-13-15-12(9-17(13)8-11)10-4-3-5-10/h6-10H,3-5H2,1-2H3. The first-order valence-corrected chi connectivity index (χ1v) is 6.50. The first-order valence-electron chi connectivity index (χ1n) is 6.50. The molecule has 0 aromatic carbocycles. The number of hydrogen-bond donors (Lipinski definition) is 0. The number of pyridine rings is 1. The molecule has 3 rings (SSSR count). The van der Waals surface area contributed by atoms with Gasteiger partial charge in [-0.05, 0) is 25.0 Å². The molecule has 0 aliphatic heterocycles. The van der Waals surface area contributed by atoms with Gasteiger partial charge in [-0.15, -0.1) is 0 Å². The molecule has 0 bridgehead atoms. The van der Waals surface area contributed by atoms with Crippen LogP contribution in [0.3, 0.4) is 0 Å². The van der Waals surface area contributed by atoms with Crippen molar-refractivity contribution >= 4 is 11.6 Å². The van der Waals surface area contributed by atoms with E-state index in [4.69, 9.17) is 4.84 Å². The monoisotopic (exact) mass is 259 g/mol. The van der Waals surface area contributed by atoms with Crippen molar-refractivity contribution in [1.29, 1.82) is 0 Å². The van der Waals surface area contributed by atoms with Crippen molar-refractivity contribution in [2.24, 2.45) is 0 Å². The highest BCUT2D eigenvalue weighted by atomic mass is 16.7. The zero-order valence-corrected chi connectivity index (χ0v) is 11.2. The molecule has 1 aliphatic rings. The lowest BCUT2D eigenvalue weighted by molar-refractivity contribution is -0.0757. The van der Waals surface area contributed by atoms with E-state index < -0.39 is 0 Å². The number of nitrogens with zero attached hydrogens (tertiary/aromatic N) is 3. The minimum Gasteiger partial charge on any atom is -0.306 e. The summed E-state index contributed by atoms with van der Waals surface area (Å²) in [4.78, 5) is 21.5. The molecule has 19 heavy (non-hydrogen) atoms. The van der Waals surface area contributed by atoms with Crippen molar-refractivity contribution in [2.45, 2.75) is 25.2 Å². The third-order valence-corrected chi connectivity index (χ3v) is 3.80. The van der Waals surface area contributed by atoms with E-state index in [-0.39, 0.29) is 5.91 Å². The van der Waals surface area contributed by atoms with Crippen LogP contribution in [0.4, 0.5) is 0 Å². The van der Waals surface area contributed by atoms with E-state index in [1.807, 2.05) is 22.9 Å². The van der Waals surface area contributed by atoms with Gasteiger partial charge in [-0.2, -0.15) is 0 Å². The van der Waals surface area contributed by atoms with Crippen LogP contribution in [0.1, 0.15) is 41.2 Å². The van der Waals surface area contributed by atoms with E-state index in [2.05, 4.69) is 4.98 Å². The van der Waals surface area contributed by atoms with Crippen molar-refractivity contribution < 1.29 is 9.63 Å². The number of hydroxylamine groups is 2. The van der Waals surface area contributed by atoms with Gasteiger partial charge in [-0.3, -0.25) is 9.63 Å². The molecule has 0 spiro atoms. The molecule has 5 nitrogen and oxygen atoms in total. The third kappa shape index (κ3) is 2.10. The summed E-state index contributed by atoms with van der Waals surface area (Å²) < 4.78 is 1.92. The minimum atomic E-state index is -0.164. The molecule has 1 saturated carbocycles. The van der Waals surface area contributed by atoms with Crippen LogP contribution < -0.4 is 0 Å². The van der Waals surface area contributed by atoms with Crippen LogP contribution in [-0.2, 0) is 4.84 Å². The maximum Gasteiger partial charge on any atom is 0.278 e. The summed E-state index contributed by atoms with van der Waals surface area (Å²) in [6.45, 7) is 0. The lowest BCUT2D eigenvalue weighted by atomic mass is 9.83. The van der Waals surface area contributed by atoms with Gasteiger partial charge < -0.3 is 4.40 Å². The zero-order chi connectivity index (χ0) is 13.4. The summed E-state index contributed by atoms with van der Waals surface area (Å²) in [5.41, 5.74) is 2.61. The number of hydrogen-bond acceptors (Lipinski definition) is 3. The molecule has 2 aromatic heterocycles. The van der Waals surface area contributed by atoms with Crippen LogP contribution in [0.15, 0.2) is 24.5 Å². The van der Waals surface area contributed by atoms with E-state index in [1.54, 1.807) is 13.1 Å². The van der Waals surface area contributed by atoms with Crippen LogP contribution in [0.5, 0.6) is 0 Å². The second-order valence-electron chi connectivity index (χ2n) is 4.96. The zero-order valence-electron chi connectivity index (χ0n) is 11.2. The van der Waals surface area contributed by atoms with E-state index in [0.29, 0.717) is 11.5 Å². The summed E-state index contributed by atoms with van der Waals surface area (Å²) in [7, 11) is 3.07. The number of imidazole rings is 1. The average molecular weight is 259 g/mol. The van der Waals surface area contributed by atoms with E-state index in [9.17, 15) is 4.79 Å². The molecule has 100 valence electrons. The number of carbonyl (C=O) groups excluding carboxylic acids is 1. The van der Waals surface area contributed by atoms with Crippen LogP contribution in [-0.4, -0.2) is 34.5 Å². The van der Waals surface area contributed by atoms with Gasteiger partial charge in [0.15, 0.2) is 0 Å². The summed E-state index contributed by atoms with van der Waals surface area (Å²) in [5, 5.41) is 1.21. The van der Waals surface area contributed by atoms with Gasteiger partial charge in [0.05, 0.1) is 18.4 Å². The van der Waals surface area contributed by atoms with E-state index in [0.717, 1.165) is 11.3 Å². The van der Waals surface area contributed by atoms with Crippen molar-refractivity contribution in [1.82, 2.24) is 14.4 Å². The number of rotatable bonds is 3. The summed E-state index contributed by atoms with van der Waals surface area (Å²) in [6, 6.07) is 3.66. The third-order valence-electron chi connectivity index (χ3n) is 3.80. The minimum absolute atomic E-state index is 0.164. The Morgan fingerprint density at radius 3 is 2.84 bits per heavy atom. The van der Waals surface area contributed by atoms with Crippen LogP contribution >= 0.6 is 0 Å². The molecule has 1 fully saturated rings. The fraction of sp³-hybridized carbons (Fsp3) is 0.429. The van der Waals surface area contributed by atoms with Crippen LogP contribution in [0.2, 0.25) is 0 Å². The van der Waals surface area contributed by atoms with Gasteiger partial charge in [0.1, 0.15) is 5.65 Å². The van der Waals surface area contributed by atoms with Gasteiger partial charge in [0.2, 0.25) is 0 Å². The highest BCUT2D eigenvalue weighted by Gasteiger charge is 2.22. The van der Waals surface area contributed by atoms with Gasteiger partial charge in [-0.1, -0.05) is 6.42 Å². The number of carbonyl (C=O) groups is 1. The summed E-state index contributed by atoms with van der Waals surface area (Å²) in [6.07, 6.45) is 7.58. The van der Waals surface area contributed by atoms with Crippen LogP contribution in [0.25, 0.3) is 5.65 Å². The van der Waals surface area contributed by atoms with E-state index >= 15 is 0 Å². The van der Waals surface area contributed by atoms with Gasteiger partial charge in [0.25, 0.3) is 5.91 Å². The highest BCUT2D eigenvalue weighted by molar-refractivity contribution is 5.93. The molecular formula is C14H17N3O2. The van der Waals surface area contributed by atoms with Crippen molar-refractivity contribution in [3.05, 3.63) is 35.8 Å². The molecule has 1 aliphatic carbocycles. The molecule has 2 aromatic rings. The highest BCUT2D eigenvalue weighted by Crippen LogP contribution is 2.35. The first kappa shape index (κ1) is 12.2. The summed E-state index contributed by atoms with van der Waals surface area (Å²) >= 11 is 0. The molecule has 0 unspecified atom stereocenters. The second kappa shape index (κ2) is 4.66. The lowest BCUT2D eigenvalue weighted by Gasteiger charge is -2.22. The number of aromatic nitrogens is 2. The Morgan fingerprint density at radius 2 is 2.21 bits per heavy atom. The van der Waals surface area contributed by atoms with E-state index in [1.165, 1.54) is 31.4 Å². The molecule has 0 N–H and O–H groups in total. The lowest BCUT2D eigenvalue weighted by Crippen LogP contribution is -2.25. The molecule has 0 saturated heterocycles. The topological polar surface area (TPSA) is 46.8 Å². The maximum atomic E-state index is 12.0. The number of amides is 1. The van der Waals surface area contributed by atoms with Gasteiger partial charge in [-0.25, -0.2) is 10.0 Å². The Hall–Kier alpha value is -1.88.